The van der Waals surface area contributed by atoms with Gasteiger partial charge in [0.05, 0.1) is 10.7 Å². The van der Waals surface area contributed by atoms with Gasteiger partial charge in [-0.05, 0) is 25.3 Å². The van der Waals surface area contributed by atoms with E-state index < -0.39 is 0 Å². The lowest BCUT2D eigenvalue weighted by Crippen LogP contribution is -2.12. The zero-order chi connectivity index (χ0) is 11.5. The smallest absolute Gasteiger partial charge is 0.0962 e. The number of thiazole rings is 1. The Morgan fingerprint density at radius 3 is 2.69 bits per heavy atom. The van der Waals surface area contributed by atoms with Gasteiger partial charge in [0.2, 0.25) is 0 Å². The maximum Gasteiger partial charge on any atom is 0.0962 e. The monoisotopic (exact) mass is 238 g/mol. The Labute approximate surface area is 102 Å². The lowest BCUT2D eigenvalue weighted by Gasteiger charge is -2.22. The second-order valence-electron chi connectivity index (χ2n) is 4.92. The number of rotatable bonds is 5. The van der Waals surface area contributed by atoms with Crippen molar-refractivity contribution < 1.29 is 0 Å². The van der Waals surface area contributed by atoms with Crippen LogP contribution in [-0.4, -0.2) is 11.5 Å². The van der Waals surface area contributed by atoms with E-state index in [9.17, 15) is 0 Å². The molecule has 90 valence electrons. The highest BCUT2D eigenvalue weighted by Crippen LogP contribution is 2.40. The Hall–Kier alpha value is -0.410. The topological polar surface area (TPSA) is 24.9 Å². The molecule has 2 nitrogen and oxygen atoms in total. The summed E-state index contributed by atoms with van der Waals surface area (Å²) < 4.78 is 0. The van der Waals surface area contributed by atoms with Gasteiger partial charge in [0, 0.05) is 17.3 Å². The van der Waals surface area contributed by atoms with Crippen LogP contribution < -0.4 is 5.32 Å². The molecule has 0 aromatic carbocycles. The molecule has 1 saturated carbocycles. The quantitative estimate of drug-likeness (QED) is 0.847. The predicted octanol–water partition coefficient (Wildman–Crippen LogP) is 3.64. The summed E-state index contributed by atoms with van der Waals surface area (Å²) in [6.45, 7) is 8.68. The molecule has 0 aliphatic heterocycles. The average molecular weight is 238 g/mol. The minimum absolute atomic E-state index is 0.554. The molecule has 0 spiro atoms. The van der Waals surface area contributed by atoms with E-state index in [2.05, 4.69) is 26.1 Å². The SMILES string of the molecule is CCNCc1sc(C2CCC2)nc1C(C)C. The molecule has 3 heteroatoms. The molecule has 0 radical (unpaired) electrons. The number of aromatic nitrogens is 1. The Bertz CT molecular complexity index is 340. The summed E-state index contributed by atoms with van der Waals surface area (Å²) in [5, 5.41) is 4.81. The first-order valence-corrected chi connectivity index (χ1v) is 7.24. The second-order valence-corrected chi connectivity index (χ2v) is 6.04. The highest BCUT2D eigenvalue weighted by Gasteiger charge is 2.25. The van der Waals surface area contributed by atoms with Gasteiger partial charge in [0.1, 0.15) is 0 Å². The number of hydrogen-bond acceptors (Lipinski definition) is 3. The molecule has 1 aliphatic carbocycles. The van der Waals surface area contributed by atoms with Crippen molar-refractivity contribution in [1.29, 1.82) is 0 Å². The van der Waals surface area contributed by atoms with Crippen molar-refractivity contribution in [2.45, 2.75) is 58.4 Å². The van der Waals surface area contributed by atoms with Crippen LogP contribution in [-0.2, 0) is 6.54 Å². The van der Waals surface area contributed by atoms with Gasteiger partial charge in [-0.2, -0.15) is 0 Å². The van der Waals surface area contributed by atoms with E-state index in [1.54, 1.807) is 0 Å². The molecule has 0 atom stereocenters. The molecule has 1 aromatic heterocycles. The van der Waals surface area contributed by atoms with Crippen LogP contribution in [0.25, 0.3) is 0 Å². The fourth-order valence-corrected chi connectivity index (χ4v) is 3.39. The normalized spacial score (nSPS) is 16.8. The van der Waals surface area contributed by atoms with Crippen molar-refractivity contribution in [3.05, 3.63) is 15.6 Å². The first-order chi connectivity index (χ1) is 7.72. The van der Waals surface area contributed by atoms with Crippen LogP contribution in [0.15, 0.2) is 0 Å². The molecule has 0 unspecified atom stereocenters. The summed E-state index contributed by atoms with van der Waals surface area (Å²) in [5.41, 5.74) is 1.33. The standard InChI is InChI=1S/C13H22N2S/c1-4-14-8-11-12(9(2)3)15-13(16-11)10-6-5-7-10/h9-10,14H,4-8H2,1-3H3. The fraction of sp³-hybridized carbons (Fsp3) is 0.769. The van der Waals surface area contributed by atoms with Crippen LogP contribution >= 0.6 is 11.3 Å². The molecule has 1 fully saturated rings. The van der Waals surface area contributed by atoms with E-state index in [1.165, 1.54) is 34.8 Å². The van der Waals surface area contributed by atoms with E-state index in [4.69, 9.17) is 4.98 Å². The Balaban J connectivity index is 2.15. The summed E-state index contributed by atoms with van der Waals surface area (Å²) in [7, 11) is 0. The van der Waals surface area contributed by atoms with Crippen LogP contribution in [0.2, 0.25) is 0 Å². The van der Waals surface area contributed by atoms with Gasteiger partial charge >= 0.3 is 0 Å². The van der Waals surface area contributed by atoms with Crippen molar-refractivity contribution in [1.82, 2.24) is 10.3 Å². The van der Waals surface area contributed by atoms with Crippen molar-refractivity contribution in [2.75, 3.05) is 6.54 Å². The first kappa shape index (κ1) is 12.1. The number of nitrogens with zero attached hydrogens (tertiary/aromatic N) is 1. The lowest BCUT2D eigenvalue weighted by atomic mass is 9.86. The van der Waals surface area contributed by atoms with Gasteiger partial charge in [0.15, 0.2) is 0 Å². The minimum atomic E-state index is 0.554. The van der Waals surface area contributed by atoms with E-state index in [0.29, 0.717) is 5.92 Å². The molecule has 1 aliphatic rings. The zero-order valence-electron chi connectivity index (χ0n) is 10.5. The summed E-state index contributed by atoms with van der Waals surface area (Å²) in [4.78, 5) is 6.32. The van der Waals surface area contributed by atoms with Crippen LogP contribution in [0.3, 0.4) is 0 Å². The average Bonchev–Trinajstić information content (AvgIpc) is 2.56. The van der Waals surface area contributed by atoms with Crippen molar-refractivity contribution >= 4 is 11.3 Å². The summed E-state index contributed by atoms with van der Waals surface area (Å²) in [6, 6.07) is 0. The van der Waals surface area contributed by atoms with E-state index in [-0.39, 0.29) is 0 Å². The van der Waals surface area contributed by atoms with Crippen molar-refractivity contribution in [3.8, 4) is 0 Å². The summed E-state index contributed by atoms with van der Waals surface area (Å²) in [5.74, 6) is 1.33. The van der Waals surface area contributed by atoms with E-state index in [0.717, 1.165) is 19.0 Å². The number of nitrogens with one attached hydrogen (secondary N) is 1. The van der Waals surface area contributed by atoms with Gasteiger partial charge in [-0.1, -0.05) is 27.2 Å². The first-order valence-electron chi connectivity index (χ1n) is 6.42. The molecular weight excluding hydrogens is 216 g/mol. The molecule has 1 aromatic rings. The molecule has 0 amide bonds. The van der Waals surface area contributed by atoms with Gasteiger partial charge in [0.25, 0.3) is 0 Å². The zero-order valence-corrected chi connectivity index (χ0v) is 11.4. The van der Waals surface area contributed by atoms with Gasteiger partial charge < -0.3 is 5.32 Å². The molecular formula is C13H22N2S. The largest absolute Gasteiger partial charge is 0.312 e. The van der Waals surface area contributed by atoms with Crippen LogP contribution in [0.1, 0.15) is 67.4 Å². The number of hydrogen-bond donors (Lipinski definition) is 1. The van der Waals surface area contributed by atoms with Crippen LogP contribution in [0.4, 0.5) is 0 Å². The fourth-order valence-electron chi connectivity index (χ4n) is 2.03. The summed E-state index contributed by atoms with van der Waals surface area (Å²) in [6.07, 6.45) is 4.10. The third-order valence-electron chi connectivity index (χ3n) is 3.28. The highest BCUT2D eigenvalue weighted by molar-refractivity contribution is 7.11. The Morgan fingerprint density at radius 2 is 2.19 bits per heavy atom. The van der Waals surface area contributed by atoms with Gasteiger partial charge in [-0.3, -0.25) is 0 Å². The van der Waals surface area contributed by atoms with Crippen LogP contribution in [0.5, 0.6) is 0 Å². The Morgan fingerprint density at radius 1 is 1.44 bits per heavy atom. The van der Waals surface area contributed by atoms with E-state index in [1.807, 2.05) is 11.3 Å². The van der Waals surface area contributed by atoms with Gasteiger partial charge in [-0.25, -0.2) is 4.98 Å². The van der Waals surface area contributed by atoms with Crippen molar-refractivity contribution in [3.63, 3.8) is 0 Å². The van der Waals surface area contributed by atoms with Gasteiger partial charge in [-0.15, -0.1) is 11.3 Å². The van der Waals surface area contributed by atoms with Crippen LogP contribution in [0, 0.1) is 0 Å². The maximum absolute atomic E-state index is 4.86. The molecule has 2 rings (SSSR count). The molecule has 1 N–H and O–H groups in total. The van der Waals surface area contributed by atoms with Crippen molar-refractivity contribution in [2.24, 2.45) is 0 Å². The lowest BCUT2D eigenvalue weighted by molar-refractivity contribution is 0.417. The molecule has 0 bridgehead atoms. The maximum atomic E-state index is 4.86. The second kappa shape index (κ2) is 5.28. The Kier molecular flexibility index (Phi) is 3.98. The minimum Gasteiger partial charge on any atom is -0.312 e. The summed E-state index contributed by atoms with van der Waals surface area (Å²) >= 11 is 1.94. The predicted molar refractivity (Wildman–Crippen MR) is 70.2 cm³/mol. The third-order valence-corrected chi connectivity index (χ3v) is 4.51. The highest BCUT2D eigenvalue weighted by atomic mass is 32.1. The third kappa shape index (κ3) is 2.46. The molecule has 1 heterocycles. The van der Waals surface area contributed by atoms with E-state index >= 15 is 0 Å². The molecule has 0 saturated heterocycles. The molecule has 16 heavy (non-hydrogen) atoms.